The van der Waals surface area contributed by atoms with Crippen molar-refractivity contribution >= 4 is 51.6 Å². The highest BCUT2D eigenvalue weighted by atomic mass is 127. The molecule has 88 valence electrons. The summed E-state index contributed by atoms with van der Waals surface area (Å²) in [7, 11) is 0. The van der Waals surface area contributed by atoms with Crippen LogP contribution in [0.5, 0.6) is 0 Å². The van der Waals surface area contributed by atoms with Crippen LogP contribution in [0.4, 0.5) is 0 Å². The molecule has 1 saturated carbocycles. The molecular formula is C11H20I2N2. The summed E-state index contributed by atoms with van der Waals surface area (Å²) in [4.78, 5) is 0. The maximum absolute atomic E-state index is 4.41. The molecule has 0 heterocycles. The minimum Gasteiger partial charge on any atom is -0.299 e. The van der Waals surface area contributed by atoms with Gasteiger partial charge in [-0.2, -0.15) is 0 Å². The third-order valence-corrected chi connectivity index (χ3v) is 4.73. The summed E-state index contributed by atoms with van der Waals surface area (Å²) in [5, 5.41) is 0. The number of nitrogens with zero attached hydrogens (tertiary/aromatic N) is 2. The summed E-state index contributed by atoms with van der Waals surface area (Å²) >= 11 is 4.59. The molecule has 15 heavy (non-hydrogen) atoms. The van der Waals surface area contributed by atoms with Crippen LogP contribution in [0.2, 0.25) is 0 Å². The third-order valence-electron chi connectivity index (χ3n) is 2.83. The first-order chi connectivity index (χ1) is 7.15. The molecule has 0 radical (unpaired) electrons. The summed E-state index contributed by atoms with van der Waals surface area (Å²) in [6.45, 7) is 4.51. The Morgan fingerprint density at radius 2 is 1.93 bits per heavy atom. The first-order valence-corrected chi connectivity index (χ1v) is 7.71. The van der Waals surface area contributed by atoms with E-state index in [0.29, 0.717) is 5.92 Å². The predicted molar refractivity (Wildman–Crippen MR) is 83.6 cm³/mol. The largest absolute Gasteiger partial charge is 0.299 e. The fourth-order valence-electron chi connectivity index (χ4n) is 2.04. The number of amidine groups is 1. The van der Waals surface area contributed by atoms with E-state index in [2.05, 4.69) is 65.9 Å². The second kappa shape index (κ2) is 7.29. The van der Waals surface area contributed by atoms with Gasteiger partial charge in [-0.1, -0.05) is 33.1 Å². The van der Waals surface area contributed by atoms with Gasteiger partial charge in [-0.25, -0.2) is 3.21 Å². The summed E-state index contributed by atoms with van der Waals surface area (Å²) in [6, 6.07) is 0.728. The van der Waals surface area contributed by atoms with E-state index in [4.69, 9.17) is 0 Å². The normalized spacial score (nSPS) is 19.7. The number of hydrogen-bond donors (Lipinski definition) is 0. The molecule has 4 heteroatoms. The van der Waals surface area contributed by atoms with Crippen molar-refractivity contribution in [3.05, 3.63) is 0 Å². The molecule has 0 spiro atoms. The van der Waals surface area contributed by atoms with E-state index in [0.717, 1.165) is 12.5 Å². The van der Waals surface area contributed by atoms with Crippen LogP contribution in [-0.2, 0) is 0 Å². The molecule has 2 nitrogen and oxygen atoms in total. The molecular weight excluding hydrogens is 414 g/mol. The van der Waals surface area contributed by atoms with E-state index in [9.17, 15) is 0 Å². The highest BCUT2D eigenvalue weighted by Gasteiger charge is 2.22. The van der Waals surface area contributed by atoms with E-state index < -0.39 is 0 Å². The zero-order valence-electron chi connectivity index (χ0n) is 9.55. The molecule has 1 fully saturated rings. The highest BCUT2D eigenvalue weighted by Crippen LogP contribution is 2.27. The van der Waals surface area contributed by atoms with Gasteiger partial charge in [0.15, 0.2) is 0 Å². The monoisotopic (exact) mass is 434 g/mol. The third kappa shape index (κ3) is 4.75. The average Bonchev–Trinajstić information content (AvgIpc) is 2.26. The molecule has 0 amide bonds. The molecule has 0 saturated heterocycles. The maximum atomic E-state index is 4.41. The van der Waals surface area contributed by atoms with Crippen LogP contribution >= 0.6 is 45.7 Å². The molecule has 0 aliphatic heterocycles. The van der Waals surface area contributed by atoms with Gasteiger partial charge in [0, 0.05) is 12.5 Å². The Morgan fingerprint density at radius 3 is 2.40 bits per heavy atom. The molecule has 0 N–H and O–H groups in total. The van der Waals surface area contributed by atoms with Crippen molar-refractivity contribution in [2.45, 2.75) is 58.4 Å². The lowest BCUT2D eigenvalue weighted by atomic mass is 9.95. The predicted octanol–water partition coefficient (Wildman–Crippen LogP) is 4.77. The first-order valence-electron chi connectivity index (χ1n) is 5.78. The van der Waals surface area contributed by atoms with Crippen molar-refractivity contribution in [1.82, 2.24) is 3.11 Å². The van der Waals surface area contributed by atoms with Crippen LogP contribution in [0.25, 0.3) is 0 Å². The van der Waals surface area contributed by atoms with Crippen LogP contribution in [-0.4, -0.2) is 15.0 Å². The molecule has 0 aromatic heterocycles. The molecule has 0 aromatic carbocycles. The van der Waals surface area contributed by atoms with Gasteiger partial charge in [-0.15, -0.1) is 0 Å². The fourth-order valence-corrected chi connectivity index (χ4v) is 3.75. The van der Waals surface area contributed by atoms with E-state index in [1.54, 1.807) is 0 Å². The van der Waals surface area contributed by atoms with E-state index >= 15 is 0 Å². The van der Waals surface area contributed by atoms with Crippen molar-refractivity contribution < 1.29 is 0 Å². The van der Waals surface area contributed by atoms with Crippen LogP contribution in [0.1, 0.15) is 52.4 Å². The Morgan fingerprint density at radius 1 is 1.33 bits per heavy atom. The van der Waals surface area contributed by atoms with E-state index in [1.165, 1.54) is 37.9 Å². The second-order valence-corrected chi connectivity index (χ2v) is 6.22. The van der Waals surface area contributed by atoms with E-state index in [-0.39, 0.29) is 0 Å². The topological polar surface area (TPSA) is 15.6 Å². The van der Waals surface area contributed by atoms with Crippen molar-refractivity contribution in [2.75, 3.05) is 0 Å². The molecule has 1 aliphatic rings. The summed E-state index contributed by atoms with van der Waals surface area (Å²) in [6.07, 6.45) is 7.98. The Bertz CT molecular complexity index is 211. The van der Waals surface area contributed by atoms with Gasteiger partial charge in [-0.3, -0.25) is 3.11 Å². The van der Waals surface area contributed by atoms with Gasteiger partial charge < -0.3 is 0 Å². The summed E-state index contributed by atoms with van der Waals surface area (Å²) < 4.78 is 6.80. The maximum Gasteiger partial charge on any atom is 0.120 e. The molecule has 1 aliphatic carbocycles. The molecule has 0 bridgehead atoms. The van der Waals surface area contributed by atoms with E-state index in [1.807, 2.05) is 0 Å². The fraction of sp³-hybridized carbons (Fsp3) is 0.909. The Labute approximate surface area is 121 Å². The Hall–Kier alpha value is 0.930. The Kier molecular flexibility index (Phi) is 6.80. The molecule has 0 aromatic rings. The number of hydrogen-bond acceptors (Lipinski definition) is 1. The van der Waals surface area contributed by atoms with Gasteiger partial charge in [0.05, 0.1) is 45.7 Å². The zero-order chi connectivity index (χ0) is 11.3. The van der Waals surface area contributed by atoms with Gasteiger partial charge in [0.2, 0.25) is 0 Å². The lowest BCUT2D eigenvalue weighted by Gasteiger charge is -2.31. The standard InChI is InChI=1S/C11H20I2N2/c1-9(2)8-11(14-12)15(13)10-6-4-3-5-7-10/h9-10H,3-8H2,1-2H3/b14-11-. The van der Waals surface area contributed by atoms with Gasteiger partial charge >= 0.3 is 0 Å². The van der Waals surface area contributed by atoms with Crippen molar-refractivity contribution in [1.29, 1.82) is 0 Å². The zero-order valence-corrected chi connectivity index (χ0v) is 13.9. The Balaban J connectivity index is 2.51. The van der Waals surface area contributed by atoms with Crippen molar-refractivity contribution in [3.8, 4) is 0 Å². The smallest absolute Gasteiger partial charge is 0.120 e. The average molecular weight is 434 g/mol. The van der Waals surface area contributed by atoms with Crippen molar-refractivity contribution in [3.63, 3.8) is 0 Å². The van der Waals surface area contributed by atoms with Crippen LogP contribution < -0.4 is 0 Å². The van der Waals surface area contributed by atoms with Crippen LogP contribution in [0.3, 0.4) is 0 Å². The SMILES string of the molecule is CC(C)C/C(=N/I)N(I)C1CCCCC1. The molecule has 0 atom stereocenters. The van der Waals surface area contributed by atoms with Crippen LogP contribution in [0.15, 0.2) is 3.21 Å². The van der Waals surface area contributed by atoms with Gasteiger partial charge in [0.1, 0.15) is 5.84 Å². The number of rotatable bonds is 3. The lowest BCUT2D eigenvalue weighted by molar-refractivity contribution is 0.353. The highest BCUT2D eigenvalue weighted by molar-refractivity contribution is 14.1. The lowest BCUT2D eigenvalue weighted by Crippen LogP contribution is -2.34. The van der Waals surface area contributed by atoms with Gasteiger partial charge in [0.25, 0.3) is 0 Å². The molecule has 1 rings (SSSR count). The summed E-state index contributed by atoms with van der Waals surface area (Å²) in [5.74, 6) is 1.96. The van der Waals surface area contributed by atoms with Crippen molar-refractivity contribution in [2.24, 2.45) is 9.12 Å². The summed E-state index contributed by atoms with van der Waals surface area (Å²) in [5.41, 5.74) is 0. The molecule has 0 unspecified atom stereocenters. The van der Waals surface area contributed by atoms with Gasteiger partial charge in [-0.05, 0) is 18.8 Å². The first kappa shape index (κ1) is 14.0. The quantitative estimate of drug-likeness (QED) is 0.271. The minimum absolute atomic E-state index is 0.694. The van der Waals surface area contributed by atoms with Crippen LogP contribution in [0, 0.1) is 5.92 Å². The second-order valence-electron chi connectivity index (χ2n) is 4.70. The minimum atomic E-state index is 0.694. The number of halogens is 2.